The van der Waals surface area contributed by atoms with Crippen molar-refractivity contribution in [2.75, 3.05) is 7.11 Å². The molecular formula is C16H22N2O. The van der Waals surface area contributed by atoms with Gasteiger partial charge in [-0.25, -0.2) is 4.98 Å². The van der Waals surface area contributed by atoms with Gasteiger partial charge in [0, 0.05) is 24.8 Å². The zero-order valence-electron chi connectivity index (χ0n) is 11.7. The molecule has 0 aromatic carbocycles. The minimum Gasteiger partial charge on any atom is -0.481 e. The number of hydrogen-bond acceptors (Lipinski definition) is 3. The number of allylic oxidation sites excluding steroid dienone is 2. The second-order valence-corrected chi connectivity index (χ2v) is 5.82. The molecule has 0 radical (unpaired) electrons. The van der Waals surface area contributed by atoms with Crippen molar-refractivity contribution in [3.05, 3.63) is 36.0 Å². The first kappa shape index (κ1) is 12.7. The molecule has 0 aliphatic heterocycles. The molecule has 2 bridgehead atoms. The molecule has 4 unspecified atom stereocenters. The molecule has 19 heavy (non-hydrogen) atoms. The number of fused-ring (bicyclic) bond motifs is 2. The summed E-state index contributed by atoms with van der Waals surface area (Å²) in [7, 11) is 1.64. The number of rotatable bonds is 5. The fourth-order valence-electron chi connectivity index (χ4n) is 3.46. The molecule has 1 aromatic heterocycles. The Bertz CT molecular complexity index is 454. The molecule has 4 atom stereocenters. The van der Waals surface area contributed by atoms with E-state index in [1.165, 1.54) is 18.4 Å². The van der Waals surface area contributed by atoms with Gasteiger partial charge >= 0.3 is 0 Å². The van der Waals surface area contributed by atoms with Crippen LogP contribution in [0.5, 0.6) is 5.88 Å². The Hall–Kier alpha value is -1.35. The lowest BCUT2D eigenvalue weighted by atomic mass is 9.87. The van der Waals surface area contributed by atoms with Gasteiger partial charge in [-0.05, 0) is 43.1 Å². The summed E-state index contributed by atoms with van der Waals surface area (Å²) < 4.78 is 5.07. The lowest BCUT2D eigenvalue weighted by molar-refractivity contribution is 0.326. The van der Waals surface area contributed by atoms with E-state index < -0.39 is 0 Å². The van der Waals surface area contributed by atoms with Crippen LogP contribution in [0.15, 0.2) is 30.5 Å². The monoisotopic (exact) mass is 258 g/mol. The predicted octanol–water partition coefficient (Wildman–Crippen LogP) is 2.78. The number of nitrogens with one attached hydrogen (secondary N) is 1. The average Bonchev–Trinajstić information content (AvgIpc) is 3.08. The Morgan fingerprint density at radius 1 is 1.37 bits per heavy atom. The highest BCUT2D eigenvalue weighted by atomic mass is 16.5. The SMILES string of the molecule is COc1ccc(CNC(C)C2CC3C=CC2C3)cn1. The van der Waals surface area contributed by atoms with Crippen molar-refractivity contribution in [3.8, 4) is 5.88 Å². The van der Waals surface area contributed by atoms with Crippen LogP contribution < -0.4 is 10.1 Å². The van der Waals surface area contributed by atoms with Gasteiger partial charge in [0.05, 0.1) is 7.11 Å². The van der Waals surface area contributed by atoms with Gasteiger partial charge in [0.2, 0.25) is 5.88 Å². The van der Waals surface area contributed by atoms with Gasteiger partial charge in [0.25, 0.3) is 0 Å². The number of nitrogens with zero attached hydrogens (tertiary/aromatic N) is 1. The Labute approximate surface area is 115 Å². The summed E-state index contributed by atoms with van der Waals surface area (Å²) in [4.78, 5) is 4.24. The molecule has 1 N–H and O–H groups in total. The fraction of sp³-hybridized carbons (Fsp3) is 0.562. The standard InChI is InChI=1S/C16H22N2O/c1-11(15-8-12-3-5-14(15)7-12)17-9-13-4-6-16(19-2)18-10-13/h3-6,10-12,14-15,17H,7-9H2,1-2H3. The maximum absolute atomic E-state index is 5.07. The molecule has 102 valence electrons. The number of pyridine rings is 1. The minimum atomic E-state index is 0.571. The van der Waals surface area contributed by atoms with Crippen LogP contribution in [0.4, 0.5) is 0 Å². The van der Waals surface area contributed by atoms with E-state index in [4.69, 9.17) is 4.74 Å². The largest absolute Gasteiger partial charge is 0.481 e. The molecule has 2 aliphatic carbocycles. The second kappa shape index (κ2) is 5.33. The van der Waals surface area contributed by atoms with Crippen molar-refractivity contribution in [2.24, 2.45) is 17.8 Å². The molecule has 0 spiro atoms. The van der Waals surface area contributed by atoms with E-state index in [1.54, 1.807) is 7.11 Å². The first-order valence-electron chi connectivity index (χ1n) is 7.17. The molecule has 3 rings (SSSR count). The van der Waals surface area contributed by atoms with Crippen molar-refractivity contribution in [1.82, 2.24) is 10.3 Å². The van der Waals surface area contributed by atoms with Crippen molar-refractivity contribution >= 4 is 0 Å². The summed E-state index contributed by atoms with van der Waals surface area (Å²) >= 11 is 0. The fourth-order valence-corrected chi connectivity index (χ4v) is 3.46. The highest BCUT2D eigenvalue weighted by Gasteiger charge is 2.38. The summed E-state index contributed by atoms with van der Waals surface area (Å²) in [5, 5.41) is 3.65. The Balaban J connectivity index is 1.52. The summed E-state index contributed by atoms with van der Waals surface area (Å²) in [6.45, 7) is 3.20. The summed E-state index contributed by atoms with van der Waals surface area (Å²) in [6, 6.07) is 4.57. The highest BCUT2D eigenvalue weighted by molar-refractivity contribution is 5.18. The molecule has 2 aliphatic rings. The summed E-state index contributed by atoms with van der Waals surface area (Å²) in [6.07, 6.45) is 9.45. The summed E-state index contributed by atoms with van der Waals surface area (Å²) in [5.74, 6) is 3.14. The molecule has 1 saturated carbocycles. The lowest BCUT2D eigenvalue weighted by Gasteiger charge is -2.26. The zero-order valence-corrected chi connectivity index (χ0v) is 11.7. The molecule has 1 heterocycles. The van der Waals surface area contributed by atoms with Crippen molar-refractivity contribution in [3.63, 3.8) is 0 Å². The van der Waals surface area contributed by atoms with E-state index in [1.807, 2.05) is 12.3 Å². The number of ether oxygens (including phenoxy) is 1. The number of aromatic nitrogens is 1. The average molecular weight is 258 g/mol. The van der Waals surface area contributed by atoms with Gasteiger partial charge in [-0.2, -0.15) is 0 Å². The van der Waals surface area contributed by atoms with Gasteiger partial charge in [-0.3, -0.25) is 0 Å². The first-order valence-corrected chi connectivity index (χ1v) is 7.17. The summed E-state index contributed by atoms with van der Waals surface area (Å²) in [5.41, 5.74) is 1.21. The van der Waals surface area contributed by atoms with E-state index >= 15 is 0 Å². The topological polar surface area (TPSA) is 34.1 Å². The van der Waals surface area contributed by atoms with E-state index in [0.717, 1.165) is 24.3 Å². The molecule has 3 nitrogen and oxygen atoms in total. The highest BCUT2D eigenvalue weighted by Crippen LogP contribution is 2.44. The number of hydrogen-bond donors (Lipinski definition) is 1. The van der Waals surface area contributed by atoms with E-state index in [2.05, 4.69) is 35.4 Å². The minimum absolute atomic E-state index is 0.571. The smallest absolute Gasteiger partial charge is 0.212 e. The maximum Gasteiger partial charge on any atom is 0.212 e. The van der Waals surface area contributed by atoms with Crippen LogP contribution in [0.2, 0.25) is 0 Å². The van der Waals surface area contributed by atoms with Crippen LogP contribution >= 0.6 is 0 Å². The van der Waals surface area contributed by atoms with E-state index in [9.17, 15) is 0 Å². The van der Waals surface area contributed by atoms with Gasteiger partial charge in [0.15, 0.2) is 0 Å². The van der Waals surface area contributed by atoms with Crippen LogP contribution in [0.3, 0.4) is 0 Å². The van der Waals surface area contributed by atoms with Crippen LogP contribution in [0.1, 0.15) is 25.3 Å². The van der Waals surface area contributed by atoms with E-state index in [-0.39, 0.29) is 0 Å². The van der Waals surface area contributed by atoms with Crippen molar-refractivity contribution < 1.29 is 4.74 Å². The molecule has 3 heteroatoms. The normalized spacial score (nSPS) is 29.7. The Kier molecular flexibility index (Phi) is 3.56. The van der Waals surface area contributed by atoms with E-state index in [0.29, 0.717) is 11.9 Å². The first-order chi connectivity index (χ1) is 9.26. The van der Waals surface area contributed by atoms with Crippen LogP contribution in [0, 0.1) is 17.8 Å². The Morgan fingerprint density at radius 3 is 2.84 bits per heavy atom. The third-order valence-electron chi connectivity index (χ3n) is 4.61. The molecular weight excluding hydrogens is 236 g/mol. The van der Waals surface area contributed by atoms with Crippen LogP contribution in [0.25, 0.3) is 0 Å². The second-order valence-electron chi connectivity index (χ2n) is 5.82. The van der Waals surface area contributed by atoms with Gasteiger partial charge in [-0.15, -0.1) is 0 Å². The van der Waals surface area contributed by atoms with Gasteiger partial charge in [-0.1, -0.05) is 18.2 Å². The lowest BCUT2D eigenvalue weighted by Crippen LogP contribution is -2.35. The van der Waals surface area contributed by atoms with Crippen LogP contribution in [-0.4, -0.2) is 18.1 Å². The predicted molar refractivity (Wildman–Crippen MR) is 75.9 cm³/mol. The van der Waals surface area contributed by atoms with Crippen molar-refractivity contribution in [1.29, 1.82) is 0 Å². The molecule has 0 amide bonds. The molecule has 1 aromatic rings. The molecule has 1 fully saturated rings. The zero-order chi connectivity index (χ0) is 13.2. The van der Waals surface area contributed by atoms with Crippen molar-refractivity contribution in [2.45, 2.75) is 32.4 Å². The third-order valence-corrected chi connectivity index (χ3v) is 4.61. The van der Waals surface area contributed by atoms with Gasteiger partial charge in [0.1, 0.15) is 0 Å². The molecule has 0 saturated heterocycles. The number of methoxy groups -OCH3 is 1. The maximum atomic E-state index is 5.07. The Morgan fingerprint density at radius 2 is 2.26 bits per heavy atom. The van der Waals surface area contributed by atoms with Gasteiger partial charge < -0.3 is 10.1 Å². The van der Waals surface area contributed by atoms with Crippen LogP contribution in [-0.2, 0) is 6.54 Å². The third kappa shape index (κ3) is 2.66. The quantitative estimate of drug-likeness (QED) is 0.825.